The smallest absolute Gasteiger partial charge is 0.254 e. The zero-order valence-corrected chi connectivity index (χ0v) is 19.8. The fourth-order valence-corrected chi connectivity index (χ4v) is 4.39. The third-order valence-electron chi connectivity index (χ3n) is 5.13. The fraction of sp³-hybridized carbons (Fsp3) is 0.391. The molecule has 31 heavy (non-hydrogen) atoms. The lowest BCUT2D eigenvalue weighted by Gasteiger charge is -2.23. The molecule has 0 aliphatic heterocycles. The van der Waals surface area contributed by atoms with Crippen LogP contribution < -0.4 is 0 Å². The van der Waals surface area contributed by atoms with E-state index in [9.17, 15) is 18.0 Å². The van der Waals surface area contributed by atoms with Crippen LogP contribution in [-0.2, 0) is 16.6 Å². The van der Waals surface area contributed by atoms with E-state index in [0.29, 0.717) is 24.2 Å². The Morgan fingerprint density at radius 3 is 2.03 bits per heavy atom. The van der Waals surface area contributed by atoms with E-state index in [0.717, 1.165) is 5.56 Å². The zero-order valence-electron chi connectivity index (χ0n) is 19.0. The van der Waals surface area contributed by atoms with E-state index in [2.05, 4.69) is 0 Å². The second kappa shape index (κ2) is 10.1. The lowest BCUT2D eigenvalue weighted by Crippen LogP contribution is -2.33. The van der Waals surface area contributed by atoms with Crippen molar-refractivity contribution in [1.82, 2.24) is 14.1 Å². The van der Waals surface area contributed by atoms with Gasteiger partial charge in [0.2, 0.25) is 10.0 Å². The van der Waals surface area contributed by atoms with Crippen LogP contribution in [0.3, 0.4) is 0 Å². The molecule has 0 N–H and O–H groups in total. The number of amides is 2. The molecule has 168 valence electrons. The van der Waals surface area contributed by atoms with Crippen LogP contribution in [0, 0.1) is 0 Å². The summed E-state index contributed by atoms with van der Waals surface area (Å²) in [6.45, 7) is 6.27. The van der Waals surface area contributed by atoms with Crippen molar-refractivity contribution in [2.45, 2.75) is 38.3 Å². The van der Waals surface area contributed by atoms with Gasteiger partial charge in [-0.05, 0) is 56.7 Å². The van der Waals surface area contributed by atoms with Crippen molar-refractivity contribution >= 4 is 21.8 Å². The molecular weight excluding hydrogens is 414 g/mol. The Hall–Kier alpha value is -2.71. The Bertz CT molecular complexity index is 1030. The van der Waals surface area contributed by atoms with E-state index < -0.39 is 10.0 Å². The summed E-state index contributed by atoms with van der Waals surface area (Å²) in [4.78, 5) is 28.4. The molecule has 2 aromatic rings. The molecule has 0 aliphatic rings. The average Bonchev–Trinajstić information content (AvgIpc) is 2.76. The first-order chi connectivity index (χ1) is 14.5. The summed E-state index contributed by atoms with van der Waals surface area (Å²) < 4.78 is 26.8. The molecule has 2 rings (SSSR count). The predicted octanol–water partition coefficient (Wildman–Crippen LogP) is 3.08. The highest BCUT2D eigenvalue weighted by atomic mass is 32.2. The van der Waals surface area contributed by atoms with Gasteiger partial charge >= 0.3 is 0 Å². The number of carbonyl (C=O) groups is 2. The molecule has 0 heterocycles. The fourth-order valence-electron chi connectivity index (χ4n) is 2.97. The van der Waals surface area contributed by atoms with E-state index in [1.54, 1.807) is 57.1 Å². The molecule has 0 aromatic heterocycles. The zero-order chi connectivity index (χ0) is 23.3. The van der Waals surface area contributed by atoms with Crippen LogP contribution in [0.1, 0.15) is 47.1 Å². The Morgan fingerprint density at radius 2 is 1.52 bits per heavy atom. The summed E-state index contributed by atoms with van der Waals surface area (Å²) in [5.41, 5.74) is 1.78. The lowest BCUT2D eigenvalue weighted by molar-refractivity contribution is 0.0751. The van der Waals surface area contributed by atoms with Gasteiger partial charge in [-0.3, -0.25) is 9.59 Å². The minimum Gasteiger partial charge on any atom is -0.345 e. The lowest BCUT2D eigenvalue weighted by atomic mass is 10.1. The molecule has 2 amide bonds. The highest BCUT2D eigenvalue weighted by Crippen LogP contribution is 2.19. The molecule has 0 atom stereocenters. The largest absolute Gasteiger partial charge is 0.345 e. The van der Waals surface area contributed by atoms with Gasteiger partial charge in [-0.25, -0.2) is 8.42 Å². The molecule has 0 aliphatic carbocycles. The van der Waals surface area contributed by atoms with Crippen LogP contribution in [-0.4, -0.2) is 68.1 Å². The number of hydrogen-bond donors (Lipinski definition) is 0. The van der Waals surface area contributed by atoms with Crippen LogP contribution >= 0.6 is 0 Å². The summed E-state index contributed by atoms with van der Waals surface area (Å²) in [6, 6.07) is 13.1. The SMILES string of the molecule is CCN(Cc1ccc(C(=O)N(C)C)cc1)C(=O)c1cccc(S(=O)(=O)N(C)C(C)C)c1. The van der Waals surface area contributed by atoms with Gasteiger partial charge in [0.1, 0.15) is 0 Å². The van der Waals surface area contributed by atoms with Crippen molar-refractivity contribution in [2.24, 2.45) is 0 Å². The second-order valence-corrected chi connectivity index (χ2v) is 9.86. The van der Waals surface area contributed by atoms with Crippen LogP contribution in [0.25, 0.3) is 0 Å². The van der Waals surface area contributed by atoms with Crippen molar-refractivity contribution < 1.29 is 18.0 Å². The maximum atomic E-state index is 13.1. The van der Waals surface area contributed by atoms with Gasteiger partial charge in [0.25, 0.3) is 11.8 Å². The van der Waals surface area contributed by atoms with E-state index in [1.165, 1.54) is 28.4 Å². The first-order valence-corrected chi connectivity index (χ1v) is 11.6. The Kier molecular flexibility index (Phi) is 7.97. The number of hydrogen-bond acceptors (Lipinski definition) is 4. The monoisotopic (exact) mass is 445 g/mol. The van der Waals surface area contributed by atoms with Crippen LogP contribution in [0.4, 0.5) is 0 Å². The molecule has 0 saturated heterocycles. The van der Waals surface area contributed by atoms with Gasteiger partial charge in [-0.15, -0.1) is 0 Å². The molecule has 0 unspecified atom stereocenters. The van der Waals surface area contributed by atoms with Crippen molar-refractivity contribution in [2.75, 3.05) is 27.7 Å². The quantitative estimate of drug-likeness (QED) is 0.626. The Balaban J connectivity index is 2.24. The van der Waals surface area contributed by atoms with E-state index in [4.69, 9.17) is 0 Å². The Labute approximate surface area is 185 Å². The van der Waals surface area contributed by atoms with Gasteiger partial charge in [-0.1, -0.05) is 18.2 Å². The second-order valence-electron chi connectivity index (χ2n) is 7.86. The van der Waals surface area contributed by atoms with Gasteiger partial charge < -0.3 is 9.80 Å². The summed E-state index contributed by atoms with van der Waals surface area (Å²) in [5.74, 6) is -0.334. The Morgan fingerprint density at radius 1 is 0.903 bits per heavy atom. The highest BCUT2D eigenvalue weighted by molar-refractivity contribution is 7.89. The number of carbonyl (C=O) groups excluding carboxylic acids is 2. The summed E-state index contributed by atoms with van der Waals surface area (Å²) in [5, 5.41) is 0. The standard InChI is InChI=1S/C23H31N3O4S/c1-7-26(16-18-11-13-19(14-12-18)22(27)24(4)5)23(28)20-9-8-10-21(15-20)31(29,30)25(6)17(2)3/h8-15,17H,7,16H2,1-6H3. The van der Waals surface area contributed by atoms with Gasteiger partial charge in [0.05, 0.1) is 4.90 Å². The van der Waals surface area contributed by atoms with Gasteiger partial charge in [-0.2, -0.15) is 4.31 Å². The molecule has 0 fully saturated rings. The number of nitrogens with zero attached hydrogens (tertiary/aromatic N) is 3. The molecule has 0 saturated carbocycles. The molecule has 0 radical (unpaired) electrons. The summed E-state index contributed by atoms with van der Waals surface area (Å²) in [7, 11) is 1.24. The van der Waals surface area contributed by atoms with Crippen LogP contribution in [0.5, 0.6) is 0 Å². The van der Waals surface area contributed by atoms with Crippen molar-refractivity contribution in [1.29, 1.82) is 0 Å². The number of benzene rings is 2. The van der Waals surface area contributed by atoms with Crippen molar-refractivity contribution in [3.8, 4) is 0 Å². The number of sulfonamides is 1. The third-order valence-corrected chi connectivity index (χ3v) is 7.16. The first-order valence-electron chi connectivity index (χ1n) is 10.2. The van der Waals surface area contributed by atoms with E-state index in [1.807, 2.05) is 19.1 Å². The normalized spacial score (nSPS) is 11.6. The third kappa shape index (κ3) is 5.71. The van der Waals surface area contributed by atoms with Gasteiger partial charge in [0, 0.05) is 51.4 Å². The molecule has 2 aromatic carbocycles. The van der Waals surface area contributed by atoms with Crippen LogP contribution in [0.15, 0.2) is 53.4 Å². The number of rotatable bonds is 8. The summed E-state index contributed by atoms with van der Waals surface area (Å²) >= 11 is 0. The average molecular weight is 446 g/mol. The topological polar surface area (TPSA) is 78.0 Å². The van der Waals surface area contributed by atoms with E-state index >= 15 is 0 Å². The van der Waals surface area contributed by atoms with E-state index in [-0.39, 0.29) is 22.8 Å². The minimum atomic E-state index is -3.68. The molecule has 8 heteroatoms. The van der Waals surface area contributed by atoms with Gasteiger partial charge in [0.15, 0.2) is 0 Å². The van der Waals surface area contributed by atoms with Crippen molar-refractivity contribution in [3.63, 3.8) is 0 Å². The maximum absolute atomic E-state index is 13.1. The molecule has 0 bridgehead atoms. The summed E-state index contributed by atoms with van der Waals surface area (Å²) in [6.07, 6.45) is 0. The minimum absolute atomic E-state index is 0.0839. The maximum Gasteiger partial charge on any atom is 0.254 e. The molecular formula is C23H31N3O4S. The highest BCUT2D eigenvalue weighted by Gasteiger charge is 2.25. The molecule has 0 spiro atoms. The molecule has 7 nitrogen and oxygen atoms in total. The first kappa shape index (κ1) is 24.6. The predicted molar refractivity (Wildman–Crippen MR) is 121 cm³/mol. The van der Waals surface area contributed by atoms with Crippen LogP contribution in [0.2, 0.25) is 0 Å². The van der Waals surface area contributed by atoms with Crippen molar-refractivity contribution in [3.05, 3.63) is 65.2 Å².